The van der Waals surface area contributed by atoms with Crippen LogP contribution in [0.3, 0.4) is 0 Å². The molecule has 4 atom stereocenters. The molecule has 0 rings (SSSR count). The standard InChI is InChI=1S/C50H94O4/c1-41(2)23-17-25-43(5)27-19-29-45(7)31-21-33-47(9)37-39-53-49(51)35-15-13-11-12-14-16-36-50(52)54-40-38-48(10)34-22-32-46(8)30-20-28-44(6)26-18-24-42(3)4/h37-38,41-46H,11-36,39-40H2,1-10H3. The molecule has 0 aliphatic rings. The van der Waals surface area contributed by atoms with Gasteiger partial charge in [-0.1, -0.05) is 182 Å². The van der Waals surface area contributed by atoms with Gasteiger partial charge in [-0.3, -0.25) is 9.59 Å². The normalized spacial score (nSPS) is 14.7. The van der Waals surface area contributed by atoms with Crippen LogP contribution in [0.25, 0.3) is 0 Å². The average Bonchev–Trinajstić information content (AvgIpc) is 3.09. The summed E-state index contributed by atoms with van der Waals surface area (Å²) >= 11 is 0. The Labute approximate surface area is 338 Å². The molecule has 318 valence electrons. The fraction of sp³-hybridized carbons (Fsp3) is 0.880. The zero-order valence-corrected chi connectivity index (χ0v) is 38.1. The summed E-state index contributed by atoms with van der Waals surface area (Å²) in [6.45, 7) is 24.1. The Kier molecular flexibility index (Phi) is 34.8. The molecule has 0 amide bonds. The lowest BCUT2D eigenvalue weighted by molar-refractivity contribution is -0.143. The average molecular weight is 759 g/mol. The van der Waals surface area contributed by atoms with Gasteiger partial charge in [0.15, 0.2) is 0 Å². The lowest BCUT2D eigenvalue weighted by atomic mass is 9.91. The SMILES string of the molecule is CC(=CCOC(=O)CCCCCCCCC(=O)OCC=C(C)CCCC(C)CCCC(C)CCCC(C)C)CCCC(C)CCCC(C)CCCC(C)C. The quantitative estimate of drug-likeness (QED) is 0.0360. The molecular weight excluding hydrogens is 665 g/mol. The number of esters is 2. The second-order valence-electron chi connectivity index (χ2n) is 18.8. The number of hydrogen-bond donors (Lipinski definition) is 0. The van der Waals surface area contributed by atoms with Crippen LogP contribution in [0, 0.1) is 35.5 Å². The molecule has 0 fully saturated rings. The molecule has 0 saturated carbocycles. The van der Waals surface area contributed by atoms with Gasteiger partial charge in [-0.05, 0) is 100 Å². The van der Waals surface area contributed by atoms with Gasteiger partial charge in [-0.15, -0.1) is 0 Å². The van der Waals surface area contributed by atoms with Crippen molar-refractivity contribution in [3.63, 3.8) is 0 Å². The van der Waals surface area contributed by atoms with Crippen molar-refractivity contribution < 1.29 is 19.1 Å². The molecule has 4 nitrogen and oxygen atoms in total. The van der Waals surface area contributed by atoms with Gasteiger partial charge in [0.05, 0.1) is 0 Å². The van der Waals surface area contributed by atoms with Crippen molar-refractivity contribution in [2.45, 2.75) is 236 Å². The van der Waals surface area contributed by atoms with Crippen molar-refractivity contribution >= 4 is 11.9 Å². The number of ether oxygens (including phenoxy) is 2. The first-order valence-electron chi connectivity index (χ1n) is 23.4. The van der Waals surface area contributed by atoms with Crippen molar-refractivity contribution in [3.8, 4) is 0 Å². The predicted octanol–water partition coefficient (Wildman–Crippen LogP) is 16.0. The van der Waals surface area contributed by atoms with E-state index in [2.05, 4.69) is 81.4 Å². The maximum Gasteiger partial charge on any atom is 0.306 e. The Morgan fingerprint density at radius 1 is 0.370 bits per heavy atom. The van der Waals surface area contributed by atoms with E-state index in [-0.39, 0.29) is 11.9 Å². The summed E-state index contributed by atoms with van der Waals surface area (Å²) in [5.74, 6) is 4.82. The Balaban J connectivity index is 3.72. The molecule has 0 aromatic heterocycles. The van der Waals surface area contributed by atoms with Gasteiger partial charge in [0, 0.05) is 12.8 Å². The van der Waals surface area contributed by atoms with E-state index in [0.29, 0.717) is 26.1 Å². The van der Waals surface area contributed by atoms with Gasteiger partial charge in [0.1, 0.15) is 13.2 Å². The van der Waals surface area contributed by atoms with Crippen molar-refractivity contribution in [2.24, 2.45) is 35.5 Å². The molecule has 0 aliphatic carbocycles. The summed E-state index contributed by atoms with van der Waals surface area (Å²) in [6, 6.07) is 0. The van der Waals surface area contributed by atoms with Crippen LogP contribution in [-0.4, -0.2) is 25.2 Å². The Bertz CT molecular complexity index is 870. The molecule has 0 N–H and O–H groups in total. The van der Waals surface area contributed by atoms with Crippen LogP contribution in [0.2, 0.25) is 0 Å². The molecule has 0 aliphatic heterocycles. The van der Waals surface area contributed by atoms with E-state index in [1.807, 2.05) is 0 Å². The molecule has 0 bridgehead atoms. The van der Waals surface area contributed by atoms with Gasteiger partial charge in [-0.2, -0.15) is 0 Å². The maximum atomic E-state index is 12.2. The van der Waals surface area contributed by atoms with Gasteiger partial charge >= 0.3 is 11.9 Å². The van der Waals surface area contributed by atoms with E-state index < -0.39 is 0 Å². The second-order valence-corrected chi connectivity index (χ2v) is 18.8. The third-order valence-electron chi connectivity index (χ3n) is 11.6. The van der Waals surface area contributed by atoms with Gasteiger partial charge in [0.2, 0.25) is 0 Å². The van der Waals surface area contributed by atoms with Gasteiger partial charge in [0.25, 0.3) is 0 Å². The van der Waals surface area contributed by atoms with Crippen LogP contribution in [0.5, 0.6) is 0 Å². The van der Waals surface area contributed by atoms with E-state index in [1.165, 1.54) is 114 Å². The third-order valence-corrected chi connectivity index (χ3v) is 11.6. The number of allylic oxidation sites excluding steroid dienone is 2. The van der Waals surface area contributed by atoms with E-state index in [1.54, 1.807) is 0 Å². The molecule has 0 heterocycles. The smallest absolute Gasteiger partial charge is 0.306 e. The summed E-state index contributed by atoms with van der Waals surface area (Å²) in [5.41, 5.74) is 2.66. The van der Waals surface area contributed by atoms with Crippen LogP contribution >= 0.6 is 0 Å². The highest BCUT2D eigenvalue weighted by Gasteiger charge is 2.09. The first-order chi connectivity index (χ1) is 25.8. The van der Waals surface area contributed by atoms with Crippen LogP contribution in [0.1, 0.15) is 236 Å². The van der Waals surface area contributed by atoms with E-state index in [0.717, 1.165) is 86.9 Å². The molecule has 54 heavy (non-hydrogen) atoms. The number of rotatable bonds is 37. The molecular formula is C50H94O4. The van der Waals surface area contributed by atoms with Crippen molar-refractivity contribution in [1.29, 1.82) is 0 Å². The summed E-state index contributed by atoms with van der Waals surface area (Å²) in [7, 11) is 0. The third kappa shape index (κ3) is 37.3. The number of hydrogen-bond acceptors (Lipinski definition) is 4. The molecule has 0 aromatic rings. The molecule has 0 spiro atoms. The first kappa shape index (κ1) is 52.4. The summed E-state index contributed by atoms with van der Waals surface area (Å²) in [4.78, 5) is 24.3. The first-order valence-corrected chi connectivity index (χ1v) is 23.4. The van der Waals surface area contributed by atoms with Crippen molar-refractivity contribution in [1.82, 2.24) is 0 Å². The maximum absolute atomic E-state index is 12.2. The molecule has 0 saturated heterocycles. The molecule has 0 aromatic carbocycles. The van der Waals surface area contributed by atoms with Crippen LogP contribution in [0.4, 0.5) is 0 Å². The van der Waals surface area contributed by atoms with Crippen LogP contribution < -0.4 is 0 Å². The predicted molar refractivity (Wildman–Crippen MR) is 236 cm³/mol. The number of carbonyl (C=O) groups is 2. The van der Waals surface area contributed by atoms with E-state index in [4.69, 9.17) is 9.47 Å². The van der Waals surface area contributed by atoms with Gasteiger partial charge < -0.3 is 9.47 Å². The lowest BCUT2D eigenvalue weighted by Crippen LogP contribution is -2.05. The topological polar surface area (TPSA) is 52.6 Å². The Morgan fingerprint density at radius 2 is 0.648 bits per heavy atom. The van der Waals surface area contributed by atoms with E-state index >= 15 is 0 Å². The zero-order chi connectivity index (χ0) is 40.4. The molecule has 4 heteroatoms. The fourth-order valence-corrected chi connectivity index (χ4v) is 7.56. The van der Waals surface area contributed by atoms with Crippen LogP contribution in [-0.2, 0) is 19.1 Å². The van der Waals surface area contributed by atoms with Crippen molar-refractivity contribution in [2.75, 3.05) is 13.2 Å². The fourth-order valence-electron chi connectivity index (χ4n) is 7.56. The highest BCUT2D eigenvalue weighted by molar-refractivity contribution is 5.69. The summed E-state index contributed by atoms with van der Waals surface area (Å²) in [5, 5.41) is 0. The summed E-state index contributed by atoms with van der Waals surface area (Å²) in [6.07, 6.45) is 34.8. The minimum absolute atomic E-state index is 0.0871. The minimum Gasteiger partial charge on any atom is -0.461 e. The van der Waals surface area contributed by atoms with Crippen molar-refractivity contribution in [3.05, 3.63) is 23.3 Å². The van der Waals surface area contributed by atoms with Crippen LogP contribution in [0.15, 0.2) is 23.3 Å². The Hall–Kier alpha value is -1.58. The highest BCUT2D eigenvalue weighted by Crippen LogP contribution is 2.24. The number of unbranched alkanes of at least 4 members (excludes halogenated alkanes) is 5. The van der Waals surface area contributed by atoms with E-state index in [9.17, 15) is 9.59 Å². The zero-order valence-electron chi connectivity index (χ0n) is 38.1. The minimum atomic E-state index is -0.0871. The number of carbonyl (C=O) groups excluding carboxylic acids is 2. The molecule has 0 radical (unpaired) electrons. The summed E-state index contributed by atoms with van der Waals surface area (Å²) < 4.78 is 10.9. The highest BCUT2D eigenvalue weighted by atomic mass is 16.5. The largest absolute Gasteiger partial charge is 0.461 e. The molecule has 4 unspecified atom stereocenters. The van der Waals surface area contributed by atoms with Gasteiger partial charge in [-0.25, -0.2) is 0 Å². The lowest BCUT2D eigenvalue weighted by Gasteiger charge is -2.15. The monoisotopic (exact) mass is 759 g/mol. The second kappa shape index (κ2) is 35.8. The Morgan fingerprint density at radius 3 is 0.963 bits per heavy atom.